The van der Waals surface area contributed by atoms with Gasteiger partial charge in [0.15, 0.2) is 0 Å². The summed E-state index contributed by atoms with van der Waals surface area (Å²) in [4.78, 5) is 13.1. The van der Waals surface area contributed by atoms with Crippen molar-refractivity contribution in [3.8, 4) is 6.07 Å². The van der Waals surface area contributed by atoms with Crippen LogP contribution < -0.4 is 5.32 Å². The number of benzene rings is 1. The average Bonchev–Trinajstić information content (AvgIpc) is 3.04. The van der Waals surface area contributed by atoms with Gasteiger partial charge >= 0.3 is 0 Å². The molecule has 2 rings (SSSR count). The van der Waals surface area contributed by atoms with Crippen molar-refractivity contribution in [2.75, 3.05) is 0 Å². The van der Waals surface area contributed by atoms with Crippen molar-refractivity contribution in [1.29, 1.82) is 5.26 Å². The van der Waals surface area contributed by atoms with Crippen LogP contribution in [0.3, 0.4) is 0 Å². The van der Waals surface area contributed by atoms with Gasteiger partial charge in [0.2, 0.25) is 0 Å². The highest BCUT2D eigenvalue weighted by Crippen LogP contribution is 2.16. The molecule has 0 aliphatic carbocycles. The summed E-state index contributed by atoms with van der Waals surface area (Å²) in [5.41, 5.74) is 2.21. The highest BCUT2D eigenvalue weighted by atomic mass is 32.1. The molecule has 0 unspecified atom stereocenters. The number of hydrogen-bond donors (Lipinski definition) is 1. The second kappa shape index (κ2) is 7.58. The molecule has 1 heterocycles. The van der Waals surface area contributed by atoms with E-state index in [4.69, 9.17) is 0 Å². The first kappa shape index (κ1) is 16.0. The van der Waals surface area contributed by atoms with E-state index >= 15 is 0 Å². The first-order valence-electron chi connectivity index (χ1n) is 7.12. The van der Waals surface area contributed by atoms with Gasteiger partial charge in [0.05, 0.1) is 6.54 Å². The van der Waals surface area contributed by atoms with E-state index in [9.17, 15) is 10.1 Å². The van der Waals surface area contributed by atoms with Crippen molar-refractivity contribution in [2.45, 2.75) is 26.3 Å². The summed E-state index contributed by atoms with van der Waals surface area (Å²) in [6.07, 6.45) is 1.62. The van der Waals surface area contributed by atoms with Crippen LogP contribution in [-0.4, -0.2) is 5.91 Å². The Balaban J connectivity index is 2.06. The van der Waals surface area contributed by atoms with Crippen molar-refractivity contribution in [3.05, 3.63) is 63.4 Å². The highest BCUT2D eigenvalue weighted by Gasteiger charge is 2.09. The van der Waals surface area contributed by atoms with Crippen LogP contribution in [0, 0.1) is 11.3 Å². The zero-order valence-corrected chi connectivity index (χ0v) is 13.5. The van der Waals surface area contributed by atoms with Crippen LogP contribution in [0.25, 0.3) is 6.08 Å². The van der Waals surface area contributed by atoms with Crippen LogP contribution in [0.15, 0.2) is 47.4 Å². The molecule has 0 aliphatic heterocycles. The predicted octanol–water partition coefficient (Wildman–Crippen LogP) is 4.09. The number of nitrogens with zero attached hydrogens (tertiary/aromatic N) is 1. The lowest BCUT2D eigenvalue weighted by Gasteiger charge is -2.05. The molecule has 3 nitrogen and oxygen atoms in total. The fourth-order valence-corrected chi connectivity index (χ4v) is 2.61. The SMILES string of the molecule is CC(C)c1ccc(/C=C(\C#N)C(=O)NCc2cccs2)cc1. The Morgan fingerprint density at radius 1 is 1.32 bits per heavy atom. The first-order chi connectivity index (χ1) is 10.6. The van der Waals surface area contributed by atoms with E-state index in [1.165, 1.54) is 5.56 Å². The van der Waals surface area contributed by atoms with Crippen molar-refractivity contribution in [3.63, 3.8) is 0 Å². The molecule has 0 saturated heterocycles. The molecular weight excluding hydrogens is 292 g/mol. The van der Waals surface area contributed by atoms with Gasteiger partial charge in [0.1, 0.15) is 11.6 Å². The third-order valence-electron chi connectivity index (χ3n) is 3.28. The minimum absolute atomic E-state index is 0.119. The number of rotatable bonds is 5. The lowest BCUT2D eigenvalue weighted by Crippen LogP contribution is -2.23. The van der Waals surface area contributed by atoms with Crippen molar-refractivity contribution in [2.24, 2.45) is 0 Å². The molecule has 1 amide bonds. The summed E-state index contributed by atoms with van der Waals surface area (Å²) in [5, 5.41) is 13.9. The lowest BCUT2D eigenvalue weighted by atomic mass is 10.0. The third-order valence-corrected chi connectivity index (χ3v) is 4.16. The molecule has 0 saturated carbocycles. The Bertz CT molecular complexity index is 692. The molecular formula is C18H18N2OS. The summed E-state index contributed by atoms with van der Waals surface area (Å²) < 4.78 is 0. The van der Waals surface area contributed by atoms with Gasteiger partial charge in [-0.15, -0.1) is 11.3 Å². The molecule has 1 N–H and O–H groups in total. The quantitative estimate of drug-likeness (QED) is 0.668. The fourth-order valence-electron chi connectivity index (χ4n) is 1.97. The van der Waals surface area contributed by atoms with Gasteiger partial charge in [0.25, 0.3) is 5.91 Å². The fraction of sp³-hybridized carbons (Fsp3) is 0.222. The Morgan fingerprint density at radius 2 is 2.05 bits per heavy atom. The molecule has 112 valence electrons. The summed E-state index contributed by atoms with van der Waals surface area (Å²) in [6, 6.07) is 13.8. The highest BCUT2D eigenvalue weighted by molar-refractivity contribution is 7.09. The number of nitriles is 1. The normalized spacial score (nSPS) is 11.3. The third kappa shape index (κ3) is 4.31. The average molecular weight is 310 g/mol. The Morgan fingerprint density at radius 3 is 2.59 bits per heavy atom. The summed E-state index contributed by atoms with van der Waals surface area (Å²) in [5.74, 6) is 0.117. The molecule has 0 bridgehead atoms. The standard InChI is InChI=1S/C18H18N2OS/c1-13(2)15-7-5-14(6-8-15)10-16(11-19)18(21)20-12-17-4-3-9-22-17/h3-10,13H,12H2,1-2H3,(H,20,21)/b16-10+. The molecule has 4 heteroatoms. The van der Waals surface area contributed by atoms with Crippen molar-refractivity contribution < 1.29 is 4.79 Å². The Labute approximate surface area is 134 Å². The Kier molecular flexibility index (Phi) is 5.51. The van der Waals surface area contributed by atoms with Gasteiger partial charge in [-0.25, -0.2) is 0 Å². The van der Waals surface area contributed by atoms with Gasteiger partial charge in [-0.2, -0.15) is 5.26 Å². The van der Waals surface area contributed by atoms with E-state index in [1.54, 1.807) is 17.4 Å². The van der Waals surface area contributed by atoms with Crippen LogP contribution in [0.4, 0.5) is 0 Å². The zero-order valence-electron chi connectivity index (χ0n) is 12.7. The summed E-state index contributed by atoms with van der Waals surface area (Å²) in [7, 11) is 0. The number of carbonyl (C=O) groups excluding carboxylic acids is 1. The van der Waals surface area contributed by atoms with Crippen molar-refractivity contribution in [1.82, 2.24) is 5.32 Å². The van der Waals surface area contributed by atoms with Crippen LogP contribution in [0.2, 0.25) is 0 Å². The number of amides is 1. The second-order valence-electron chi connectivity index (χ2n) is 5.25. The van der Waals surface area contributed by atoms with E-state index in [0.717, 1.165) is 10.4 Å². The lowest BCUT2D eigenvalue weighted by molar-refractivity contribution is -0.117. The van der Waals surface area contributed by atoms with Gasteiger partial charge in [-0.1, -0.05) is 44.2 Å². The predicted molar refractivity (Wildman–Crippen MR) is 90.3 cm³/mol. The molecule has 1 aromatic heterocycles. The molecule has 22 heavy (non-hydrogen) atoms. The molecule has 1 aromatic carbocycles. The molecule has 0 aliphatic rings. The first-order valence-corrected chi connectivity index (χ1v) is 8.00. The molecule has 0 atom stereocenters. The summed E-state index contributed by atoms with van der Waals surface area (Å²) in [6.45, 7) is 4.70. The van der Waals surface area contributed by atoms with Crippen LogP contribution in [0.5, 0.6) is 0 Å². The second-order valence-corrected chi connectivity index (χ2v) is 6.29. The van der Waals surface area contributed by atoms with Crippen LogP contribution >= 0.6 is 11.3 Å². The van der Waals surface area contributed by atoms with E-state index in [2.05, 4.69) is 19.2 Å². The van der Waals surface area contributed by atoms with E-state index in [1.807, 2.05) is 47.8 Å². The van der Waals surface area contributed by atoms with E-state index < -0.39 is 0 Å². The van der Waals surface area contributed by atoms with Gasteiger partial charge in [-0.3, -0.25) is 4.79 Å². The molecule has 0 radical (unpaired) electrons. The number of carbonyl (C=O) groups is 1. The van der Waals surface area contributed by atoms with E-state index in [0.29, 0.717) is 12.5 Å². The molecule has 0 fully saturated rings. The van der Waals surface area contributed by atoms with Gasteiger partial charge in [-0.05, 0) is 34.6 Å². The maximum atomic E-state index is 12.1. The zero-order chi connectivity index (χ0) is 15.9. The minimum atomic E-state index is -0.344. The smallest absolute Gasteiger partial charge is 0.262 e. The maximum Gasteiger partial charge on any atom is 0.262 e. The Hall–Kier alpha value is -2.38. The van der Waals surface area contributed by atoms with Gasteiger partial charge < -0.3 is 5.32 Å². The topological polar surface area (TPSA) is 52.9 Å². The van der Waals surface area contributed by atoms with Gasteiger partial charge in [0, 0.05) is 4.88 Å². The summed E-state index contributed by atoms with van der Waals surface area (Å²) >= 11 is 1.58. The number of hydrogen-bond acceptors (Lipinski definition) is 3. The van der Waals surface area contributed by atoms with Crippen molar-refractivity contribution >= 4 is 23.3 Å². The monoisotopic (exact) mass is 310 g/mol. The largest absolute Gasteiger partial charge is 0.347 e. The van der Waals surface area contributed by atoms with Crippen LogP contribution in [-0.2, 0) is 11.3 Å². The maximum absolute atomic E-state index is 12.1. The van der Waals surface area contributed by atoms with E-state index in [-0.39, 0.29) is 11.5 Å². The number of thiophene rings is 1. The minimum Gasteiger partial charge on any atom is -0.347 e. The number of nitrogens with one attached hydrogen (secondary N) is 1. The molecule has 0 spiro atoms. The van der Waals surface area contributed by atoms with Crippen LogP contribution in [0.1, 0.15) is 35.8 Å². The molecule has 2 aromatic rings.